The van der Waals surface area contributed by atoms with Gasteiger partial charge in [0.05, 0.1) is 0 Å². The Morgan fingerprint density at radius 3 is 2.18 bits per heavy atom. The van der Waals surface area contributed by atoms with Crippen molar-refractivity contribution in [3.63, 3.8) is 0 Å². The molecule has 0 bridgehead atoms. The first-order chi connectivity index (χ1) is 10.5. The van der Waals surface area contributed by atoms with E-state index in [1.165, 1.54) is 18.2 Å². The molecule has 1 fully saturated rings. The molecule has 0 radical (unpaired) electrons. The molecule has 2 nitrogen and oxygen atoms in total. The average Bonchev–Trinajstić information content (AvgIpc) is 3.09. The predicted molar refractivity (Wildman–Crippen MR) is 75.9 cm³/mol. The summed E-state index contributed by atoms with van der Waals surface area (Å²) in [6, 6.07) is 9.13. The minimum absolute atomic E-state index is 0.0272. The molecule has 3 atom stereocenters. The highest BCUT2D eigenvalue weighted by Gasteiger charge is 2.48. The van der Waals surface area contributed by atoms with Crippen LogP contribution in [0, 0.1) is 23.4 Å². The van der Waals surface area contributed by atoms with Crippen LogP contribution in [0.2, 0.25) is 0 Å². The van der Waals surface area contributed by atoms with Gasteiger partial charge >= 0.3 is 0 Å². The number of benzene rings is 2. The van der Waals surface area contributed by atoms with Crippen LogP contribution in [0.1, 0.15) is 28.8 Å². The number of carbonyl (C=O) groups is 1. The van der Waals surface area contributed by atoms with Crippen molar-refractivity contribution in [3.8, 4) is 0 Å². The van der Waals surface area contributed by atoms with E-state index >= 15 is 0 Å². The van der Waals surface area contributed by atoms with E-state index < -0.39 is 23.1 Å². The summed E-state index contributed by atoms with van der Waals surface area (Å²) < 4.78 is 40.1. The normalized spacial score (nSPS) is 23.2. The van der Waals surface area contributed by atoms with Crippen LogP contribution in [0.5, 0.6) is 0 Å². The van der Waals surface area contributed by atoms with Crippen LogP contribution in [0.3, 0.4) is 0 Å². The standard InChI is InChI=1S/C17H14F3NO/c1-9-14(10-5-7-11(18)8-6-10)16(9)21-17(22)15-12(19)3-2-4-13(15)20/h2-9,14,16H,1H3,(H,21,22). The van der Waals surface area contributed by atoms with Crippen molar-refractivity contribution in [1.82, 2.24) is 5.32 Å². The second-order valence-electron chi connectivity index (χ2n) is 5.53. The maximum atomic E-state index is 13.6. The largest absolute Gasteiger partial charge is 0.348 e. The lowest BCUT2D eigenvalue weighted by Gasteiger charge is -2.07. The monoisotopic (exact) mass is 305 g/mol. The van der Waals surface area contributed by atoms with Gasteiger partial charge in [0.25, 0.3) is 5.91 Å². The molecule has 0 spiro atoms. The average molecular weight is 305 g/mol. The van der Waals surface area contributed by atoms with Crippen LogP contribution in [-0.4, -0.2) is 11.9 Å². The Morgan fingerprint density at radius 2 is 1.59 bits per heavy atom. The number of hydrogen-bond donors (Lipinski definition) is 1. The highest BCUT2D eigenvalue weighted by molar-refractivity contribution is 5.95. The third-order valence-corrected chi connectivity index (χ3v) is 4.12. The van der Waals surface area contributed by atoms with E-state index in [9.17, 15) is 18.0 Å². The first kappa shape index (κ1) is 14.6. The molecule has 1 aliphatic carbocycles. The summed E-state index contributed by atoms with van der Waals surface area (Å²) >= 11 is 0. The Hall–Kier alpha value is -2.30. The lowest BCUT2D eigenvalue weighted by Crippen LogP contribution is -2.29. The number of carbonyl (C=O) groups excluding carboxylic acids is 1. The van der Waals surface area contributed by atoms with Crippen LogP contribution in [0.25, 0.3) is 0 Å². The van der Waals surface area contributed by atoms with Gasteiger partial charge in [-0.05, 0) is 35.7 Å². The molecule has 1 aliphatic rings. The summed E-state index contributed by atoms with van der Waals surface area (Å²) in [6.07, 6.45) is 0. The minimum atomic E-state index is -0.885. The number of amides is 1. The van der Waals surface area contributed by atoms with Crippen molar-refractivity contribution in [2.75, 3.05) is 0 Å². The van der Waals surface area contributed by atoms with Gasteiger partial charge in [-0.15, -0.1) is 0 Å². The second-order valence-corrected chi connectivity index (χ2v) is 5.53. The van der Waals surface area contributed by atoms with E-state index in [0.29, 0.717) is 0 Å². The molecule has 1 amide bonds. The van der Waals surface area contributed by atoms with Crippen LogP contribution in [0.15, 0.2) is 42.5 Å². The summed E-state index contributed by atoms with van der Waals surface area (Å²) in [5.74, 6) is -2.71. The number of halogens is 3. The Bertz CT molecular complexity index is 694. The number of hydrogen-bond acceptors (Lipinski definition) is 1. The second kappa shape index (κ2) is 5.48. The molecule has 0 aliphatic heterocycles. The van der Waals surface area contributed by atoms with Gasteiger partial charge in [-0.25, -0.2) is 13.2 Å². The minimum Gasteiger partial charge on any atom is -0.348 e. The first-order valence-electron chi connectivity index (χ1n) is 6.99. The van der Waals surface area contributed by atoms with Gasteiger partial charge in [-0.1, -0.05) is 25.1 Å². The summed E-state index contributed by atoms with van der Waals surface area (Å²) in [6.45, 7) is 1.93. The zero-order chi connectivity index (χ0) is 15.9. The lowest BCUT2D eigenvalue weighted by molar-refractivity contribution is 0.0940. The van der Waals surface area contributed by atoms with E-state index in [1.807, 2.05) is 6.92 Å². The van der Waals surface area contributed by atoms with E-state index in [4.69, 9.17) is 0 Å². The van der Waals surface area contributed by atoms with Crippen LogP contribution in [0.4, 0.5) is 13.2 Å². The van der Waals surface area contributed by atoms with Gasteiger partial charge in [0, 0.05) is 12.0 Å². The summed E-state index contributed by atoms with van der Waals surface area (Å²) in [7, 11) is 0. The Morgan fingerprint density at radius 1 is 1.00 bits per heavy atom. The van der Waals surface area contributed by atoms with Crippen molar-refractivity contribution < 1.29 is 18.0 Å². The lowest BCUT2D eigenvalue weighted by atomic mass is 10.1. The van der Waals surface area contributed by atoms with Gasteiger partial charge in [0.15, 0.2) is 0 Å². The third-order valence-electron chi connectivity index (χ3n) is 4.12. The molecule has 0 heterocycles. The van der Waals surface area contributed by atoms with Crippen molar-refractivity contribution in [2.24, 2.45) is 5.92 Å². The molecule has 114 valence electrons. The SMILES string of the molecule is CC1C(NC(=O)c2c(F)cccc2F)C1c1ccc(F)cc1. The smallest absolute Gasteiger partial charge is 0.257 e. The van der Waals surface area contributed by atoms with Crippen LogP contribution in [-0.2, 0) is 0 Å². The topological polar surface area (TPSA) is 29.1 Å². The van der Waals surface area contributed by atoms with Gasteiger partial charge in [0.1, 0.15) is 23.0 Å². The predicted octanol–water partition coefficient (Wildman–Crippen LogP) is 3.64. The summed E-state index contributed by atoms with van der Waals surface area (Å²) in [5, 5.41) is 2.65. The maximum Gasteiger partial charge on any atom is 0.257 e. The van der Waals surface area contributed by atoms with E-state index in [-0.39, 0.29) is 23.7 Å². The molecule has 5 heteroatoms. The highest BCUT2D eigenvalue weighted by atomic mass is 19.1. The molecular formula is C17H14F3NO. The summed E-state index contributed by atoms with van der Waals surface area (Å²) in [5.41, 5.74) is 0.327. The van der Waals surface area contributed by atoms with Crippen molar-refractivity contribution in [1.29, 1.82) is 0 Å². The van der Waals surface area contributed by atoms with E-state index in [2.05, 4.69) is 5.32 Å². The molecule has 0 aromatic heterocycles. The Labute approximate surface area is 126 Å². The van der Waals surface area contributed by atoms with Crippen molar-refractivity contribution in [3.05, 3.63) is 71.0 Å². The third kappa shape index (κ3) is 2.58. The van der Waals surface area contributed by atoms with Gasteiger partial charge in [-0.2, -0.15) is 0 Å². The van der Waals surface area contributed by atoms with Crippen LogP contribution >= 0.6 is 0 Å². The van der Waals surface area contributed by atoms with Gasteiger partial charge < -0.3 is 5.32 Å². The van der Waals surface area contributed by atoms with E-state index in [0.717, 1.165) is 17.7 Å². The van der Waals surface area contributed by atoms with Crippen LogP contribution < -0.4 is 5.32 Å². The number of rotatable bonds is 3. The molecular weight excluding hydrogens is 291 g/mol. The van der Waals surface area contributed by atoms with Gasteiger partial charge in [-0.3, -0.25) is 4.79 Å². The molecule has 2 aromatic rings. The molecule has 22 heavy (non-hydrogen) atoms. The Balaban J connectivity index is 1.74. The molecule has 1 saturated carbocycles. The highest BCUT2D eigenvalue weighted by Crippen LogP contribution is 2.47. The number of nitrogens with one attached hydrogen (secondary N) is 1. The molecule has 3 rings (SSSR count). The van der Waals surface area contributed by atoms with E-state index in [1.54, 1.807) is 12.1 Å². The summed E-state index contributed by atoms with van der Waals surface area (Å²) in [4.78, 5) is 12.1. The quantitative estimate of drug-likeness (QED) is 0.921. The molecule has 3 unspecified atom stereocenters. The fraction of sp³-hybridized carbons (Fsp3) is 0.235. The maximum absolute atomic E-state index is 13.6. The first-order valence-corrected chi connectivity index (χ1v) is 6.99. The fourth-order valence-electron chi connectivity index (χ4n) is 2.82. The zero-order valence-electron chi connectivity index (χ0n) is 11.8. The zero-order valence-corrected chi connectivity index (χ0v) is 11.8. The van der Waals surface area contributed by atoms with Crippen molar-refractivity contribution >= 4 is 5.91 Å². The molecule has 0 saturated heterocycles. The van der Waals surface area contributed by atoms with Crippen molar-refractivity contribution in [2.45, 2.75) is 18.9 Å². The fourth-order valence-corrected chi connectivity index (χ4v) is 2.82. The molecule has 2 aromatic carbocycles. The molecule has 1 N–H and O–H groups in total. The van der Waals surface area contributed by atoms with Gasteiger partial charge in [0.2, 0.25) is 0 Å². The Kier molecular flexibility index (Phi) is 3.64.